The second-order valence-corrected chi connectivity index (χ2v) is 4.13. The molecule has 1 nitrogen and oxygen atoms in total. The largest absolute Gasteiger partial charge is 0.288 e. The molecular formula is C13H12OS. The van der Waals surface area contributed by atoms with Gasteiger partial charge in [-0.3, -0.25) is 4.79 Å². The monoisotopic (exact) mass is 216 g/mol. The molecule has 0 heterocycles. The summed E-state index contributed by atoms with van der Waals surface area (Å²) < 4.78 is 0. The van der Waals surface area contributed by atoms with Crippen LogP contribution in [0.5, 0.6) is 0 Å². The molecule has 0 aromatic heterocycles. The molecule has 1 rings (SSSR count). The molecule has 0 radical (unpaired) electrons. The van der Waals surface area contributed by atoms with Gasteiger partial charge in [0, 0.05) is 18.2 Å². The number of benzene rings is 1. The van der Waals surface area contributed by atoms with Crippen molar-refractivity contribution in [3.05, 3.63) is 41.5 Å². The van der Waals surface area contributed by atoms with Crippen LogP contribution in [-0.2, 0) is 4.79 Å². The van der Waals surface area contributed by atoms with Crippen molar-refractivity contribution < 1.29 is 4.79 Å². The standard InChI is InChI=1S/C13H12OS/c1-3-12-7-4-5-8-13(12)9-6-10-15-11(2)14/h1,4-9H,10H2,2H3. The molecule has 0 amide bonds. The van der Waals surface area contributed by atoms with Crippen molar-refractivity contribution in [1.29, 1.82) is 0 Å². The van der Waals surface area contributed by atoms with E-state index >= 15 is 0 Å². The van der Waals surface area contributed by atoms with Gasteiger partial charge in [-0.05, 0) is 11.6 Å². The lowest BCUT2D eigenvalue weighted by atomic mass is 10.1. The first-order chi connectivity index (χ1) is 7.24. The second-order valence-electron chi connectivity index (χ2n) is 2.94. The highest BCUT2D eigenvalue weighted by molar-refractivity contribution is 8.13. The van der Waals surface area contributed by atoms with Crippen LogP contribution in [0.1, 0.15) is 18.1 Å². The molecule has 0 saturated heterocycles. The Kier molecular flexibility index (Phi) is 4.73. The first-order valence-corrected chi connectivity index (χ1v) is 5.58. The lowest BCUT2D eigenvalue weighted by Gasteiger charge is -1.97. The number of rotatable bonds is 3. The van der Waals surface area contributed by atoms with Gasteiger partial charge in [0.15, 0.2) is 5.12 Å². The molecule has 0 N–H and O–H groups in total. The van der Waals surface area contributed by atoms with E-state index in [2.05, 4.69) is 5.92 Å². The van der Waals surface area contributed by atoms with Crippen molar-refractivity contribution in [1.82, 2.24) is 0 Å². The minimum absolute atomic E-state index is 0.130. The van der Waals surface area contributed by atoms with Gasteiger partial charge in [-0.15, -0.1) is 6.42 Å². The van der Waals surface area contributed by atoms with Crippen LogP contribution in [0.2, 0.25) is 0 Å². The maximum atomic E-state index is 10.7. The molecule has 0 bridgehead atoms. The smallest absolute Gasteiger partial charge is 0.186 e. The van der Waals surface area contributed by atoms with Crippen molar-refractivity contribution in [2.24, 2.45) is 0 Å². The summed E-state index contributed by atoms with van der Waals surface area (Å²) >= 11 is 1.29. The van der Waals surface area contributed by atoms with Crippen LogP contribution >= 0.6 is 11.8 Å². The molecule has 0 spiro atoms. The van der Waals surface area contributed by atoms with Gasteiger partial charge in [-0.1, -0.05) is 48.0 Å². The zero-order valence-corrected chi connectivity index (χ0v) is 9.38. The van der Waals surface area contributed by atoms with Crippen molar-refractivity contribution in [2.75, 3.05) is 5.75 Å². The Hall–Kier alpha value is -1.46. The SMILES string of the molecule is C#Cc1ccccc1C=CCSC(C)=O. The summed E-state index contributed by atoms with van der Waals surface area (Å²) in [5.41, 5.74) is 1.89. The Bertz CT molecular complexity index is 413. The fraction of sp³-hybridized carbons (Fsp3) is 0.154. The fourth-order valence-corrected chi connectivity index (χ4v) is 1.54. The molecule has 0 aliphatic rings. The van der Waals surface area contributed by atoms with Gasteiger partial charge in [-0.25, -0.2) is 0 Å². The molecule has 0 aliphatic heterocycles. The van der Waals surface area contributed by atoms with E-state index in [1.165, 1.54) is 11.8 Å². The Labute approximate surface area is 94.6 Å². The van der Waals surface area contributed by atoms with Gasteiger partial charge < -0.3 is 0 Å². The van der Waals surface area contributed by atoms with E-state index < -0.39 is 0 Å². The van der Waals surface area contributed by atoms with Crippen LogP contribution < -0.4 is 0 Å². The van der Waals surface area contributed by atoms with Crippen LogP contribution in [0.3, 0.4) is 0 Å². The summed E-state index contributed by atoms with van der Waals surface area (Å²) in [6, 6.07) is 7.72. The number of terminal acetylenes is 1. The van der Waals surface area contributed by atoms with Crippen molar-refractivity contribution in [2.45, 2.75) is 6.92 Å². The molecular weight excluding hydrogens is 204 g/mol. The fourth-order valence-electron chi connectivity index (χ4n) is 1.11. The maximum Gasteiger partial charge on any atom is 0.186 e. The van der Waals surface area contributed by atoms with Gasteiger partial charge >= 0.3 is 0 Å². The number of thioether (sulfide) groups is 1. The zero-order chi connectivity index (χ0) is 11.1. The quantitative estimate of drug-likeness (QED) is 0.723. The normalized spacial score (nSPS) is 10.1. The molecule has 0 fully saturated rings. The number of hydrogen-bond acceptors (Lipinski definition) is 2. The Morgan fingerprint density at radius 2 is 2.27 bits per heavy atom. The molecule has 0 saturated carbocycles. The minimum atomic E-state index is 0.130. The molecule has 1 aromatic carbocycles. The van der Waals surface area contributed by atoms with E-state index in [1.54, 1.807) is 6.92 Å². The predicted octanol–water partition coefficient (Wildman–Crippen LogP) is 2.96. The zero-order valence-electron chi connectivity index (χ0n) is 8.57. The summed E-state index contributed by atoms with van der Waals surface area (Å²) in [6.07, 6.45) is 9.26. The first kappa shape index (κ1) is 11.6. The van der Waals surface area contributed by atoms with Gasteiger partial charge in [0.25, 0.3) is 0 Å². The second kappa shape index (κ2) is 6.10. The third-order valence-electron chi connectivity index (χ3n) is 1.80. The average Bonchev–Trinajstić information content (AvgIpc) is 2.24. The molecule has 1 aromatic rings. The van der Waals surface area contributed by atoms with Crippen LogP contribution in [0.25, 0.3) is 6.08 Å². The van der Waals surface area contributed by atoms with Gasteiger partial charge in [0.2, 0.25) is 0 Å². The lowest BCUT2D eigenvalue weighted by Crippen LogP contribution is -1.83. The highest BCUT2D eigenvalue weighted by atomic mass is 32.2. The number of hydrogen-bond donors (Lipinski definition) is 0. The van der Waals surface area contributed by atoms with Gasteiger partial charge in [-0.2, -0.15) is 0 Å². The number of carbonyl (C=O) groups is 1. The van der Waals surface area contributed by atoms with E-state index in [1.807, 2.05) is 36.4 Å². The van der Waals surface area contributed by atoms with Crippen LogP contribution in [0.15, 0.2) is 30.3 Å². The van der Waals surface area contributed by atoms with E-state index in [0.717, 1.165) is 11.1 Å². The van der Waals surface area contributed by atoms with Crippen LogP contribution in [-0.4, -0.2) is 10.9 Å². The topological polar surface area (TPSA) is 17.1 Å². The predicted molar refractivity (Wildman–Crippen MR) is 66.6 cm³/mol. The third kappa shape index (κ3) is 4.05. The van der Waals surface area contributed by atoms with Gasteiger partial charge in [0.05, 0.1) is 0 Å². The lowest BCUT2D eigenvalue weighted by molar-refractivity contribution is -0.109. The summed E-state index contributed by atoms with van der Waals surface area (Å²) in [7, 11) is 0. The molecule has 0 aliphatic carbocycles. The first-order valence-electron chi connectivity index (χ1n) is 4.59. The summed E-state index contributed by atoms with van der Waals surface area (Å²) in [5, 5.41) is 0.130. The van der Waals surface area contributed by atoms with Crippen LogP contribution in [0.4, 0.5) is 0 Å². The Balaban J connectivity index is 2.64. The van der Waals surface area contributed by atoms with Crippen molar-refractivity contribution in [3.63, 3.8) is 0 Å². The molecule has 15 heavy (non-hydrogen) atoms. The van der Waals surface area contributed by atoms with Gasteiger partial charge in [0.1, 0.15) is 0 Å². The minimum Gasteiger partial charge on any atom is -0.288 e. The van der Waals surface area contributed by atoms with E-state index in [0.29, 0.717) is 5.75 Å². The molecule has 2 heteroatoms. The van der Waals surface area contributed by atoms with Crippen LogP contribution in [0, 0.1) is 12.3 Å². The van der Waals surface area contributed by atoms with Crippen molar-refractivity contribution in [3.8, 4) is 12.3 Å². The van der Waals surface area contributed by atoms with Crippen molar-refractivity contribution >= 4 is 23.0 Å². The summed E-state index contributed by atoms with van der Waals surface area (Å²) in [5.74, 6) is 3.31. The molecule has 0 atom stereocenters. The van der Waals surface area contributed by atoms with E-state index in [-0.39, 0.29) is 5.12 Å². The summed E-state index contributed by atoms with van der Waals surface area (Å²) in [4.78, 5) is 10.7. The maximum absolute atomic E-state index is 10.7. The number of carbonyl (C=O) groups excluding carboxylic acids is 1. The highest BCUT2D eigenvalue weighted by Gasteiger charge is 1.94. The molecule has 0 unspecified atom stereocenters. The van der Waals surface area contributed by atoms with E-state index in [9.17, 15) is 4.79 Å². The Morgan fingerprint density at radius 3 is 2.93 bits per heavy atom. The third-order valence-corrected chi connectivity index (χ3v) is 2.56. The Morgan fingerprint density at radius 1 is 1.53 bits per heavy atom. The average molecular weight is 216 g/mol. The summed E-state index contributed by atoms with van der Waals surface area (Å²) in [6.45, 7) is 1.56. The van der Waals surface area contributed by atoms with E-state index in [4.69, 9.17) is 6.42 Å². The molecule has 76 valence electrons. The highest BCUT2D eigenvalue weighted by Crippen LogP contribution is 2.10.